The number of halogens is 1. The number of para-hydroxylation sites is 1. The fraction of sp³-hybridized carbons (Fsp3) is 0.348. The minimum atomic E-state index is -0.232. The van der Waals surface area contributed by atoms with Crippen LogP contribution in [0.1, 0.15) is 35.6 Å². The molecular weight excluding hydrogens is 406 g/mol. The van der Waals surface area contributed by atoms with E-state index in [1.54, 1.807) is 11.8 Å². The summed E-state index contributed by atoms with van der Waals surface area (Å²) in [7, 11) is 0. The molecule has 29 heavy (non-hydrogen) atoms. The van der Waals surface area contributed by atoms with Gasteiger partial charge in [0.05, 0.1) is 18.8 Å². The molecule has 0 spiro atoms. The van der Waals surface area contributed by atoms with Crippen molar-refractivity contribution < 1.29 is 14.3 Å². The van der Waals surface area contributed by atoms with Gasteiger partial charge in [0.15, 0.2) is 0 Å². The Morgan fingerprint density at radius 3 is 2.83 bits per heavy atom. The van der Waals surface area contributed by atoms with E-state index < -0.39 is 0 Å². The third-order valence-electron chi connectivity index (χ3n) is 5.17. The molecule has 4 nitrogen and oxygen atoms in total. The van der Waals surface area contributed by atoms with Crippen molar-refractivity contribution in [2.24, 2.45) is 0 Å². The van der Waals surface area contributed by atoms with Crippen molar-refractivity contribution in [3.63, 3.8) is 0 Å². The predicted octanol–water partition coefficient (Wildman–Crippen LogP) is 5.71. The van der Waals surface area contributed by atoms with Crippen LogP contribution in [0.25, 0.3) is 5.76 Å². The average molecular weight is 430 g/mol. The van der Waals surface area contributed by atoms with Gasteiger partial charge in [-0.25, -0.2) is 0 Å². The largest absolute Gasteiger partial charge is 0.493 e. The Bertz CT molecular complexity index is 917. The number of nitrogens with zero attached hydrogens (tertiary/aromatic N) is 1. The van der Waals surface area contributed by atoms with Crippen molar-refractivity contribution in [3.8, 4) is 5.75 Å². The van der Waals surface area contributed by atoms with Crippen LogP contribution in [0.15, 0.2) is 49.0 Å². The number of anilines is 1. The van der Waals surface area contributed by atoms with E-state index in [1.165, 1.54) is 0 Å². The van der Waals surface area contributed by atoms with Gasteiger partial charge in [-0.1, -0.05) is 30.3 Å². The Morgan fingerprint density at radius 2 is 1.93 bits per heavy atom. The summed E-state index contributed by atoms with van der Waals surface area (Å²) >= 11 is 7.81. The second-order valence-electron chi connectivity index (χ2n) is 7.12. The summed E-state index contributed by atoms with van der Waals surface area (Å²) in [5.41, 5.74) is 2.87. The van der Waals surface area contributed by atoms with E-state index in [0.717, 1.165) is 41.8 Å². The predicted molar refractivity (Wildman–Crippen MR) is 120 cm³/mol. The van der Waals surface area contributed by atoms with Gasteiger partial charge in [-0.3, -0.25) is 4.79 Å². The molecule has 2 bridgehead atoms. The van der Waals surface area contributed by atoms with E-state index in [2.05, 4.69) is 6.58 Å². The van der Waals surface area contributed by atoms with Crippen molar-refractivity contribution in [2.45, 2.75) is 24.5 Å². The summed E-state index contributed by atoms with van der Waals surface area (Å²) in [6.45, 7) is 5.88. The molecule has 0 aromatic heterocycles. The molecule has 2 aromatic rings. The van der Waals surface area contributed by atoms with Crippen molar-refractivity contribution in [2.75, 3.05) is 30.4 Å². The average Bonchev–Trinajstić information content (AvgIpc) is 2.98. The molecule has 1 amide bonds. The minimum Gasteiger partial charge on any atom is -0.493 e. The molecule has 4 rings (SSSR count). The fourth-order valence-corrected chi connectivity index (χ4v) is 4.96. The van der Waals surface area contributed by atoms with Crippen LogP contribution in [0.5, 0.6) is 5.75 Å². The second kappa shape index (κ2) is 9.14. The maximum absolute atomic E-state index is 13.1. The Hall–Kier alpha value is -2.11. The van der Waals surface area contributed by atoms with E-state index in [0.29, 0.717) is 36.3 Å². The van der Waals surface area contributed by atoms with Crippen LogP contribution in [0, 0.1) is 0 Å². The van der Waals surface area contributed by atoms with Gasteiger partial charge in [0.25, 0.3) is 0 Å². The standard InChI is InChI=1S/C23H24ClNO3S/c1-16-18-7-3-4-8-21(18)28-12-6-2-5-11-25-20-10-9-17(24)15-19(20)22(23(25)26)29-14-13-27-16/h3-4,7-10,15,22H,1-2,5-6,11-14H2. The number of carbonyl (C=O) groups excluding carboxylic acids is 1. The molecule has 0 fully saturated rings. The summed E-state index contributed by atoms with van der Waals surface area (Å²) < 4.78 is 11.8. The van der Waals surface area contributed by atoms with Crippen LogP contribution >= 0.6 is 23.4 Å². The van der Waals surface area contributed by atoms with Gasteiger partial charge in [0, 0.05) is 23.0 Å². The summed E-state index contributed by atoms with van der Waals surface area (Å²) in [6, 6.07) is 13.6. The first-order valence-electron chi connectivity index (χ1n) is 9.91. The van der Waals surface area contributed by atoms with Crippen molar-refractivity contribution in [3.05, 3.63) is 65.2 Å². The molecule has 2 heterocycles. The highest BCUT2D eigenvalue weighted by Gasteiger charge is 2.37. The number of fused-ring (bicyclic) bond motifs is 6. The van der Waals surface area contributed by atoms with Crippen molar-refractivity contribution in [1.29, 1.82) is 0 Å². The lowest BCUT2D eigenvalue weighted by Gasteiger charge is -2.19. The van der Waals surface area contributed by atoms with Crippen molar-refractivity contribution in [1.82, 2.24) is 0 Å². The van der Waals surface area contributed by atoms with Crippen LogP contribution in [-0.4, -0.2) is 31.4 Å². The van der Waals surface area contributed by atoms with Gasteiger partial charge in [-0.2, -0.15) is 0 Å². The summed E-state index contributed by atoms with van der Waals surface area (Å²) in [5, 5.41) is 0.428. The number of rotatable bonds is 0. The maximum atomic E-state index is 13.1. The number of hydrogen-bond donors (Lipinski definition) is 0. The monoisotopic (exact) mass is 429 g/mol. The third-order valence-corrected chi connectivity index (χ3v) is 6.59. The smallest absolute Gasteiger partial charge is 0.244 e. The molecule has 0 N–H and O–H groups in total. The Morgan fingerprint density at radius 1 is 1.07 bits per heavy atom. The van der Waals surface area contributed by atoms with Gasteiger partial charge >= 0.3 is 0 Å². The molecule has 2 aliphatic rings. The lowest BCUT2D eigenvalue weighted by molar-refractivity contribution is -0.117. The molecule has 2 aliphatic heterocycles. The molecule has 2 aromatic carbocycles. The van der Waals surface area contributed by atoms with Crippen LogP contribution < -0.4 is 9.64 Å². The summed E-state index contributed by atoms with van der Waals surface area (Å²) in [5.74, 6) is 2.22. The van der Waals surface area contributed by atoms with E-state index in [-0.39, 0.29) is 11.2 Å². The van der Waals surface area contributed by atoms with Crippen LogP contribution in [0.3, 0.4) is 0 Å². The quantitative estimate of drug-likeness (QED) is 0.537. The molecule has 152 valence electrons. The first kappa shape index (κ1) is 20.2. The van der Waals surface area contributed by atoms with Crippen LogP contribution in [0.2, 0.25) is 5.02 Å². The summed E-state index contributed by atoms with van der Waals surface area (Å²) in [4.78, 5) is 15.0. The van der Waals surface area contributed by atoms with Gasteiger partial charge in [0.2, 0.25) is 5.91 Å². The van der Waals surface area contributed by atoms with Gasteiger partial charge in [-0.05, 0) is 55.2 Å². The Labute approximate surface area is 180 Å². The molecule has 0 radical (unpaired) electrons. The highest BCUT2D eigenvalue weighted by Crippen LogP contribution is 2.45. The highest BCUT2D eigenvalue weighted by molar-refractivity contribution is 8.00. The van der Waals surface area contributed by atoms with E-state index in [4.69, 9.17) is 21.1 Å². The molecule has 0 saturated heterocycles. The van der Waals surface area contributed by atoms with Crippen LogP contribution in [-0.2, 0) is 9.53 Å². The number of amides is 1. The Balaban J connectivity index is 1.54. The van der Waals surface area contributed by atoms with Crippen molar-refractivity contribution >= 4 is 40.7 Å². The van der Waals surface area contributed by atoms with Crippen LogP contribution in [0.4, 0.5) is 5.69 Å². The number of hydrogen-bond acceptors (Lipinski definition) is 4. The van der Waals surface area contributed by atoms with E-state index in [9.17, 15) is 4.79 Å². The Kier molecular flexibility index (Phi) is 6.36. The SMILES string of the molecule is C=C1OCCSC2C(=O)N(CCCCCOc3ccccc31)c1ccc(Cl)cc12. The normalized spacial score (nSPS) is 20.4. The van der Waals surface area contributed by atoms with E-state index in [1.807, 2.05) is 47.4 Å². The number of carbonyl (C=O) groups is 1. The lowest BCUT2D eigenvalue weighted by Crippen LogP contribution is -2.29. The first-order valence-corrected chi connectivity index (χ1v) is 11.3. The number of thioether (sulfide) groups is 1. The topological polar surface area (TPSA) is 38.8 Å². The number of ether oxygens (including phenoxy) is 2. The molecule has 1 unspecified atom stereocenters. The second-order valence-corrected chi connectivity index (χ2v) is 8.77. The highest BCUT2D eigenvalue weighted by atomic mass is 35.5. The lowest BCUT2D eigenvalue weighted by atomic mass is 10.1. The zero-order chi connectivity index (χ0) is 20.2. The van der Waals surface area contributed by atoms with Gasteiger partial charge in [-0.15, -0.1) is 11.8 Å². The molecule has 0 aliphatic carbocycles. The zero-order valence-electron chi connectivity index (χ0n) is 16.2. The molecule has 0 saturated carbocycles. The van der Waals surface area contributed by atoms with E-state index >= 15 is 0 Å². The van der Waals surface area contributed by atoms with Gasteiger partial charge < -0.3 is 14.4 Å². The van der Waals surface area contributed by atoms with Gasteiger partial charge in [0.1, 0.15) is 16.8 Å². The number of benzene rings is 2. The fourth-order valence-electron chi connectivity index (χ4n) is 3.73. The minimum absolute atomic E-state index is 0.139. The third kappa shape index (κ3) is 4.41. The molecule has 6 heteroatoms. The summed E-state index contributed by atoms with van der Waals surface area (Å²) in [6.07, 6.45) is 2.85. The first-order chi connectivity index (χ1) is 14.1. The molecular formula is C23H24ClNO3S. The maximum Gasteiger partial charge on any atom is 0.244 e. The molecule has 1 atom stereocenters. The zero-order valence-corrected chi connectivity index (χ0v) is 17.8.